The van der Waals surface area contributed by atoms with Crippen LogP contribution in [-0.2, 0) is 9.59 Å². The summed E-state index contributed by atoms with van der Waals surface area (Å²) in [6.45, 7) is 3.55. The number of carbonyl (C=O) groups excluding carboxylic acids is 2. The third kappa shape index (κ3) is 5.51. The van der Waals surface area contributed by atoms with Crippen molar-refractivity contribution in [1.82, 2.24) is 9.88 Å². The van der Waals surface area contributed by atoms with E-state index >= 15 is 0 Å². The second-order valence-corrected chi connectivity index (χ2v) is 9.79. The van der Waals surface area contributed by atoms with Crippen LogP contribution in [0.4, 0.5) is 11.5 Å². The number of hydrogen-bond acceptors (Lipinski definition) is 4. The Balaban J connectivity index is 1.30. The number of piperidine rings is 1. The van der Waals surface area contributed by atoms with Crippen molar-refractivity contribution < 1.29 is 9.59 Å². The highest BCUT2D eigenvalue weighted by Gasteiger charge is 2.26. The number of hydrogen-bond donors (Lipinski definition) is 0. The van der Waals surface area contributed by atoms with Crippen molar-refractivity contribution in [2.75, 3.05) is 36.0 Å². The summed E-state index contributed by atoms with van der Waals surface area (Å²) in [6, 6.07) is 2.35. The van der Waals surface area contributed by atoms with E-state index in [9.17, 15) is 9.59 Å². The van der Waals surface area contributed by atoms with Gasteiger partial charge in [-0.15, -0.1) is 0 Å². The molecular weight excluding hydrogens is 412 g/mol. The lowest BCUT2D eigenvalue weighted by Gasteiger charge is -2.35. The molecule has 170 valence electrons. The number of halogens is 1. The van der Waals surface area contributed by atoms with Crippen LogP contribution in [0.25, 0.3) is 0 Å². The molecule has 0 N–H and O–H groups in total. The van der Waals surface area contributed by atoms with Gasteiger partial charge in [0.25, 0.3) is 0 Å². The molecule has 4 rings (SSSR count). The first-order valence-electron chi connectivity index (χ1n) is 12.1. The lowest BCUT2D eigenvalue weighted by molar-refractivity contribution is -0.121. The van der Waals surface area contributed by atoms with E-state index < -0.39 is 0 Å². The molecule has 0 bridgehead atoms. The fraction of sp³-hybridized carbons (Fsp3) is 0.708. The smallest absolute Gasteiger partial charge is 0.227 e. The molecule has 6 nitrogen and oxygen atoms in total. The largest absolute Gasteiger partial charge is 0.355 e. The first-order valence-corrected chi connectivity index (χ1v) is 12.5. The van der Waals surface area contributed by atoms with E-state index in [1.807, 2.05) is 6.07 Å². The van der Waals surface area contributed by atoms with E-state index in [0.29, 0.717) is 23.4 Å². The Bertz CT molecular complexity index is 768. The zero-order chi connectivity index (χ0) is 21.6. The van der Waals surface area contributed by atoms with Crippen molar-refractivity contribution in [3.8, 4) is 0 Å². The molecule has 1 saturated carbocycles. The summed E-state index contributed by atoms with van der Waals surface area (Å²) in [6.07, 6.45) is 15.1. The summed E-state index contributed by atoms with van der Waals surface area (Å²) in [5.41, 5.74) is 0.807. The van der Waals surface area contributed by atoms with Crippen molar-refractivity contribution in [1.29, 1.82) is 0 Å². The highest BCUT2D eigenvalue weighted by molar-refractivity contribution is 6.33. The Hall–Kier alpha value is -1.82. The van der Waals surface area contributed by atoms with Crippen molar-refractivity contribution in [3.63, 3.8) is 0 Å². The molecule has 2 saturated heterocycles. The number of nitrogens with zero attached hydrogens (tertiary/aromatic N) is 4. The SMILES string of the molecule is O=CN(CCCC1CCCN(c2ncc(N3CCCC3=O)cc2Cl)C1)C1CCCCC1. The zero-order valence-corrected chi connectivity index (χ0v) is 19.2. The Morgan fingerprint density at radius 1 is 1.13 bits per heavy atom. The summed E-state index contributed by atoms with van der Waals surface area (Å²) < 4.78 is 0. The van der Waals surface area contributed by atoms with Crippen molar-refractivity contribution in [2.24, 2.45) is 5.92 Å². The average molecular weight is 447 g/mol. The molecule has 31 heavy (non-hydrogen) atoms. The highest BCUT2D eigenvalue weighted by atomic mass is 35.5. The molecule has 3 fully saturated rings. The van der Waals surface area contributed by atoms with E-state index in [2.05, 4.69) is 14.8 Å². The van der Waals surface area contributed by atoms with E-state index in [0.717, 1.165) is 69.8 Å². The van der Waals surface area contributed by atoms with E-state index in [-0.39, 0.29) is 5.91 Å². The number of pyridine rings is 1. The van der Waals surface area contributed by atoms with Crippen molar-refractivity contribution >= 4 is 35.4 Å². The van der Waals surface area contributed by atoms with Crippen molar-refractivity contribution in [3.05, 3.63) is 17.3 Å². The summed E-state index contributed by atoms with van der Waals surface area (Å²) in [4.78, 5) is 34.4. The molecule has 2 aliphatic heterocycles. The van der Waals surface area contributed by atoms with Crippen LogP contribution in [0.2, 0.25) is 5.02 Å². The first kappa shape index (κ1) is 22.4. The van der Waals surface area contributed by atoms with Gasteiger partial charge in [-0.25, -0.2) is 4.98 Å². The summed E-state index contributed by atoms with van der Waals surface area (Å²) in [5, 5.41) is 0.627. The van der Waals surface area contributed by atoms with Gasteiger partial charge in [0, 0.05) is 38.6 Å². The molecule has 1 aliphatic carbocycles. The van der Waals surface area contributed by atoms with Crippen LogP contribution >= 0.6 is 11.6 Å². The van der Waals surface area contributed by atoms with Gasteiger partial charge in [-0.3, -0.25) is 9.59 Å². The molecule has 0 aromatic carbocycles. The van der Waals surface area contributed by atoms with Gasteiger partial charge in [-0.1, -0.05) is 30.9 Å². The van der Waals surface area contributed by atoms with Crippen LogP contribution in [0.3, 0.4) is 0 Å². The fourth-order valence-electron chi connectivity index (χ4n) is 5.51. The van der Waals surface area contributed by atoms with Crippen LogP contribution in [0.1, 0.15) is 70.6 Å². The van der Waals surface area contributed by atoms with Crippen molar-refractivity contribution in [2.45, 2.75) is 76.7 Å². The molecule has 0 spiro atoms. The Morgan fingerprint density at radius 3 is 2.68 bits per heavy atom. The third-order valence-corrected chi connectivity index (χ3v) is 7.50. The molecule has 0 radical (unpaired) electrons. The lowest BCUT2D eigenvalue weighted by atomic mass is 9.92. The number of anilines is 2. The highest BCUT2D eigenvalue weighted by Crippen LogP contribution is 2.33. The van der Waals surface area contributed by atoms with Gasteiger partial charge in [0.05, 0.1) is 16.9 Å². The average Bonchev–Trinajstić information content (AvgIpc) is 3.23. The Morgan fingerprint density at radius 2 is 1.97 bits per heavy atom. The molecule has 1 unspecified atom stereocenters. The lowest BCUT2D eigenvalue weighted by Crippen LogP contribution is -2.38. The zero-order valence-electron chi connectivity index (χ0n) is 18.5. The second-order valence-electron chi connectivity index (χ2n) is 9.38. The monoisotopic (exact) mass is 446 g/mol. The third-order valence-electron chi connectivity index (χ3n) is 7.22. The number of carbonyl (C=O) groups is 2. The van der Waals surface area contributed by atoms with Crippen LogP contribution in [0, 0.1) is 5.92 Å². The molecule has 1 aromatic heterocycles. The molecule has 3 aliphatic rings. The first-order chi connectivity index (χ1) is 15.2. The predicted molar refractivity (Wildman–Crippen MR) is 125 cm³/mol. The Labute approximate surface area is 190 Å². The predicted octanol–water partition coefficient (Wildman–Crippen LogP) is 4.65. The summed E-state index contributed by atoms with van der Waals surface area (Å²) >= 11 is 6.60. The minimum atomic E-state index is 0.154. The van der Waals surface area contributed by atoms with Gasteiger partial charge in [0.1, 0.15) is 5.82 Å². The van der Waals surface area contributed by atoms with E-state index in [1.165, 1.54) is 38.5 Å². The van der Waals surface area contributed by atoms with Crippen LogP contribution in [0.15, 0.2) is 12.3 Å². The van der Waals surface area contributed by atoms with Gasteiger partial charge in [0.15, 0.2) is 0 Å². The minimum absolute atomic E-state index is 0.154. The van der Waals surface area contributed by atoms with E-state index in [4.69, 9.17) is 11.6 Å². The number of rotatable bonds is 8. The van der Waals surface area contributed by atoms with Gasteiger partial charge < -0.3 is 14.7 Å². The summed E-state index contributed by atoms with van der Waals surface area (Å²) in [5.74, 6) is 1.59. The minimum Gasteiger partial charge on any atom is -0.355 e. The van der Waals surface area contributed by atoms with Crippen LogP contribution in [0.5, 0.6) is 0 Å². The van der Waals surface area contributed by atoms with Gasteiger partial charge in [0.2, 0.25) is 12.3 Å². The normalized spacial score (nSPS) is 22.7. The number of amides is 2. The molecule has 3 heterocycles. The maximum atomic E-state index is 12.0. The van der Waals surface area contributed by atoms with Gasteiger partial charge >= 0.3 is 0 Å². The maximum absolute atomic E-state index is 12.0. The molecule has 7 heteroatoms. The molecule has 2 amide bonds. The molecule has 1 atom stereocenters. The molecule has 1 aromatic rings. The van der Waals surface area contributed by atoms with Gasteiger partial charge in [-0.2, -0.15) is 0 Å². The van der Waals surface area contributed by atoms with E-state index in [1.54, 1.807) is 11.1 Å². The maximum Gasteiger partial charge on any atom is 0.227 e. The quantitative estimate of drug-likeness (QED) is 0.545. The topological polar surface area (TPSA) is 56.8 Å². The van der Waals surface area contributed by atoms with Gasteiger partial charge in [-0.05, 0) is 56.9 Å². The Kier molecular flexibility index (Phi) is 7.70. The molecular formula is C24H35ClN4O2. The fourth-order valence-corrected chi connectivity index (χ4v) is 5.79. The number of aromatic nitrogens is 1. The standard InChI is InChI=1S/C24H35ClN4O2/c25-22-15-21(29-14-6-11-23(29)31)16-26-24(22)27-12-4-7-19(17-27)8-5-13-28(18-30)20-9-2-1-3-10-20/h15-16,18-20H,1-14,17H2. The summed E-state index contributed by atoms with van der Waals surface area (Å²) in [7, 11) is 0. The van der Waals surface area contributed by atoms with Crippen LogP contribution < -0.4 is 9.80 Å². The second kappa shape index (κ2) is 10.7. The van der Waals surface area contributed by atoms with Crippen LogP contribution in [-0.4, -0.2) is 54.4 Å².